The number of rotatable bonds is 7. The summed E-state index contributed by atoms with van der Waals surface area (Å²) in [5.41, 5.74) is 0.882. The summed E-state index contributed by atoms with van der Waals surface area (Å²) < 4.78 is 6.33. The quantitative estimate of drug-likeness (QED) is 0.604. The number of carbonyl (C=O) groups excluding carboxylic acids is 3. The maximum absolute atomic E-state index is 12.5. The fourth-order valence-electron chi connectivity index (χ4n) is 2.30. The highest BCUT2D eigenvalue weighted by molar-refractivity contribution is 7.12. The van der Waals surface area contributed by atoms with Crippen LogP contribution in [0.1, 0.15) is 21.3 Å². The van der Waals surface area contributed by atoms with Gasteiger partial charge in [0, 0.05) is 6.42 Å². The lowest BCUT2D eigenvalue weighted by Gasteiger charge is -2.15. The SMILES string of the molecule is O=C(COC(=O)[C@@H](Cc1ccccc1)n1cnnn1)NC(=O)c1cccs1. The monoisotopic (exact) mass is 385 g/mol. The van der Waals surface area contributed by atoms with Crippen LogP contribution in [0.25, 0.3) is 0 Å². The topological polar surface area (TPSA) is 116 Å². The highest BCUT2D eigenvalue weighted by Gasteiger charge is 2.25. The van der Waals surface area contributed by atoms with E-state index in [0.29, 0.717) is 11.3 Å². The van der Waals surface area contributed by atoms with Crippen LogP contribution >= 0.6 is 11.3 Å². The molecule has 10 heteroatoms. The van der Waals surface area contributed by atoms with Crippen molar-refractivity contribution in [1.82, 2.24) is 25.5 Å². The molecule has 0 unspecified atom stereocenters. The van der Waals surface area contributed by atoms with Gasteiger partial charge in [0.2, 0.25) is 0 Å². The number of carbonyl (C=O) groups is 3. The van der Waals surface area contributed by atoms with Crippen LogP contribution in [-0.4, -0.2) is 44.6 Å². The Bertz CT molecular complexity index is 897. The molecule has 0 aliphatic heterocycles. The second-order valence-corrected chi connectivity index (χ2v) is 6.41. The van der Waals surface area contributed by atoms with Crippen molar-refractivity contribution in [2.75, 3.05) is 6.61 Å². The van der Waals surface area contributed by atoms with E-state index in [2.05, 4.69) is 20.8 Å². The normalized spacial score (nSPS) is 11.6. The van der Waals surface area contributed by atoms with Gasteiger partial charge < -0.3 is 4.74 Å². The Hall–Kier alpha value is -3.40. The van der Waals surface area contributed by atoms with Crippen molar-refractivity contribution < 1.29 is 19.1 Å². The third-order valence-corrected chi connectivity index (χ3v) is 4.44. The molecule has 3 aromatic rings. The number of esters is 1. The highest BCUT2D eigenvalue weighted by atomic mass is 32.1. The maximum Gasteiger partial charge on any atom is 0.331 e. The number of imide groups is 1. The standard InChI is InChI=1S/C17H15N5O4S/c23-15(19-16(24)14-7-4-8-27-14)10-26-17(25)13(22-11-18-20-21-22)9-12-5-2-1-3-6-12/h1-8,11,13H,9-10H2,(H,19,23,24)/t13-/m1/s1. The Morgan fingerprint density at radius 3 is 2.63 bits per heavy atom. The van der Waals surface area contributed by atoms with Crippen molar-refractivity contribution in [3.8, 4) is 0 Å². The summed E-state index contributed by atoms with van der Waals surface area (Å²) in [6.07, 6.45) is 1.59. The van der Waals surface area contributed by atoms with E-state index >= 15 is 0 Å². The van der Waals surface area contributed by atoms with E-state index < -0.39 is 30.4 Å². The number of nitrogens with one attached hydrogen (secondary N) is 1. The van der Waals surface area contributed by atoms with Gasteiger partial charge in [0.1, 0.15) is 6.33 Å². The van der Waals surface area contributed by atoms with E-state index in [0.717, 1.165) is 5.56 Å². The average Bonchev–Trinajstić information content (AvgIpc) is 3.39. The molecule has 0 spiro atoms. The molecule has 0 aliphatic rings. The van der Waals surface area contributed by atoms with E-state index in [9.17, 15) is 14.4 Å². The van der Waals surface area contributed by atoms with Gasteiger partial charge >= 0.3 is 5.97 Å². The van der Waals surface area contributed by atoms with Crippen molar-refractivity contribution in [3.63, 3.8) is 0 Å². The van der Waals surface area contributed by atoms with Gasteiger partial charge in [-0.1, -0.05) is 36.4 Å². The lowest BCUT2D eigenvalue weighted by atomic mass is 10.1. The van der Waals surface area contributed by atoms with E-state index in [4.69, 9.17) is 4.74 Å². The number of ether oxygens (including phenoxy) is 1. The molecule has 1 aromatic carbocycles. The molecule has 0 saturated carbocycles. The zero-order valence-corrected chi connectivity index (χ0v) is 14.8. The number of hydrogen-bond donors (Lipinski definition) is 1. The summed E-state index contributed by atoms with van der Waals surface area (Å²) in [6.45, 7) is -0.580. The molecule has 9 nitrogen and oxygen atoms in total. The van der Waals surface area contributed by atoms with Crippen LogP contribution in [-0.2, 0) is 20.7 Å². The molecule has 2 aromatic heterocycles. The Labute approximate surface area is 158 Å². The van der Waals surface area contributed by atoms with Gasteiger partial charge in [0.25, 0.3) is 11.8 Å². The summed E-state index contributed by atoms with van der Waals surface area (Å²) in [5, 5.41) is 14.7. The minimum atomic E-state index is -0.830. The third-order valence-electron chi connectivity index (χ3n) is 3.57. The molecule has 1 N–H and O–H groups in total. The molecular formula is C17H15N5O4S. The van der Waals surface area contributed by atoms with Gasteiger partial charge in [-0.2, -0.15) is 0 Å². The zero-order valence-electron chi connectivity index (χ0n) is 14.0. The summed E-state index contributed by atoms with van der Waals surface area (Å²) in [4.78, 5) is 36.6. The lowest BCUT2D eigenvalue weighted by molar-refractivity contribution is -0.152. The van der Waals surface area contributed by atoms with Crippen molar-refractivity contribution in [3.05, 3.63) is 64.6 Å². The van der Waals surface area contributed by atoms with Crippen molar-refractivity contribution in [2.24, 2.45) is 0 Å². The number of amides is 2. The van der Waals surface area contributed by atoms with Crippen LogP contribution in [0.5, 0.6) is 0 Å². The molecule has 1 atom stereocenters. The molecular weight excluding hydrogens is 370 g/mol. The minimum Gasteiger partial charge on any atom is -0.454 e. The van der Waals surface area contributed by atoms with Gasteiger partial charge in [-0.15, -0.1) is 16.4 Å². The van der Waals surface area contributed by atoms with Gasteiger partial charge in [-0.3, -0.25) is 14.9 Å². The van der Waals surface area contributed by atoms with E-state index in [1.807, 2.05) is 30.3 Å². The molecule has 2 heterocycles. The first-order valence-corrected chi connectivity index (χ1v) is 8.82. The molecule has 0 saturated heterocycles. The molecule has 0 aliphatic carbocycles. The molecule has 0 fully saturated rings. The van der Waals surface area contributed by atoms with E-state index in [1.54, 1.807) is 17.5 Å². The van der Waals surface area contributed by atoms with E-state index in [-0.39, 0.29) is 0 Å². The Balaban J connectivity index is 1.59. The van der Waals surface area contributed by atoms with E-state index in [1.165, 1.54) is 22.3 Å². The first-order chi connectivity index (χ1) is 13.1. The van der Waals surface area contributed by atoms with Crippen LogP contribution in [0.3, 0.4) is 0 Å². The van der Waals surface area contributed by atoms with Crippen molar-refractivity contribution in [2.45, 2.75) is 12.5 Å². The lowest BCUT2D eigenvalue weighted by Crippen LogP contribution is -2.35. The van der Waals surface area contributed by atoms with Crippen LogP contribution in [0, 0.1) is 0 Å². The zero-order chi connectivity index (χ0) is 19.1. The number of benzene rings is 1. The maximum atomic E-state index is 12.5. The second kappa shape index (κ2) is 8.81. The van der Waals surface area contributed by atoms with Gasteiger partial charge in [-0.25, -0.2) is 9.48 Å². The molecule has 2 amide bonds. The smallest absolute Gasteiger partial charge is 0.331 e. The summed E-state index contributed by atoms with van der Waals surface area (Å²) in [7, 11) is 0. The summed E-state index contributed by atoms with van der Waals surface area (Å²) >= 11 is 1.20. The molecule has 138 valence electrons. The van der Waals surface area contributed by atoms with Crippen molar-refractivity contribution >= 4 is 29.1 Å². The Kier molecular flexibility index (Phi) is 6.00. The largest absolute Gasteiger partial charge is 0.454 e. The van der Waals surface area contributed by atoms with Crippen LogP contribution in [0.2, 0.25) is 0 Å². The summed E-state index contributed by atoms with van der Waals surface area (Å²) in [6, 6.07) is 11.7. The number of thiophene rings is 1. The Morgan fingerprint density at radius 2 is 1.96 bits per heavy atom. The van der Waals surface area contributed by atoms with Crippen LogP contribution < -0.4 is 5.32 Å². The minimum absolute atomic E-state index is 0.292. The molecule has 3 rings (SSSR count). The number of tetrazole rings is 1. The number of aromatic nitrogens is 4. The number of hydrogen-bond acceptors (Lipinski definition) is 8. The number of nitrogens with zero attached hydrogens (tertiary/aromatic N) is 4. The van der Waals surface area contributed by atoms with Gasteiger partial charge in [-0.05, 0) is 27.4 Å². The Morgan fingerprint density at radius 1 is 1.15 bits per heavy atom. The molecule has 0 bridgehead atoms. The molecule has 0 radical (unpaired) electrons. The molecule has 27 heavy (non-hydrogen) atoms. The van der Waals surface area contributed by atoms with Gasteiger partial charge in [0.05, 0.1) is 4.88 Å². The fourth-order valence-corrected chi connectivity index (χ4v) is 2.92. The van der Waals surface area contributed by atoms with Crippen LogP contribution in [0.4, 0.5) is 0 Å². The predicted octanol–water partition coefficient (Wildman–Crippen LogP) is 1.02. The second-order valence-electron chi connectivity index (χ2n) is 5.46. The first kappa shape index (κ1) is 18.4. The average molecular weight is 385 g/mol. The van der Waals surface area contributed by atoms with Crippen LogP contribution in [0.15, 0.2) is 54.2 Å². The highest BCUT2D eigenvalue weighted by Crippen LogP contribution is 2.15. The fraction of sp³-hybridized carbons (Fsp3) is 0.176. The summed E-state index contributed by atoms with van der Waals surface area (Å²) in [5.74, 6) is -1.92. The van der Waals surface area contributed by atoms with Crippen molar-refractivity contribution in [1.29, 1.82) is 0 Å². The first-order valence-electron chi connectivity index (χ1n) is 7.94. The predicted molar refractivity (Wildman–Crippen MR) is 94.8 cm³/mol. The third kappa shape index (κ3) is 5.05. The van der Waals surface area contributed by atoms with Gasteiger partial charge in [0.15, 0.2) is 12.6 Å².